The van der Waals surface area contributed by atoms with Gasteiger partial charge in [0, 0.05) is 12.1 Å². The Balaban J connectivity index is 3.70. The summed E-state index contributed by atoms with van der Waals surface area (Å²) in [6, 6.07) is 1.18. The molecule has 0 aromatic carbocycles. The summed E-state index contributed by atoms with van der Waals surface area (Å²) in [5.41, 5.74) is 10.6. The summed E-state index contributed by atoms with van der Waals surface area (Å²) < 4.78 is 0. The van der Waals surface area contributed by atoms with Crippen molar-refractivity contribution in [3.63, 3.8) is 0 Å². The van der Waals surface area contributed by atoms with E-state index in [4.69, 9.17) is 11.5 Å². The highest BCUT2D eigenvalue weighted by Gasteiger charge is 2.08. The van der Waals surface area contributed by atoms with E-state index in [-0.39, 0.29) is 0 Å². The predicted octanol–water partition coefficient (Wildman–Crippen LogP) is -0.713. The van der Waals surface area contributed by atoms with Crippen LogP contribution in [0.25, 0.3) is 0 Å². The minimum atomic E-state index is 0.318. The average Bonchev–Trinajstić information content (AvgIpc) is 2.11. The molecule has 0 aliphatic heterocycles. The third-order valence-corrected chi connectivity index (χ3v) is 2.26. The molecule has 0 rings (SSSR count). The van der Waals surface area contributed by atoms with Crippen LogP contribution < -0.4 is 21.8 Å². The summed E-state index contributed by atoms with van der Waals surface area (Å²) in [6.45, 7) is 7.46. The van der Waals surface area contributed by atoms with Gasteiger partial charge in [-0.3, -0.25) is 16.5 Å². The molecule has 1 atom stereocenters. The van der Waals surface area contributed by atoms with E-state index in [0.29, 0.717) is 18.0 Å². The summed E-state index contributed by atoms with van der Waals surface area (Å²) in [4.78, 5) is 2.94. The van der Waals surface area contributed by atoms with Gasteiger partial charge in [0.05, 0.1) is 6.54 Å². The monoisotopic (exact) mass is 215 g/mol. The van der Waals surface area contributed by atoms with Crippen molar-refractivity contribution in [3.05, 3.63) is 0 Å². The Morgan fingerprint density at radius 3 is 2.40 bits per heavy atom. The van der Waals surface area contributed by atoms with Gasteiger partial charge in [-0.1, -0.05) is 27.2 Å². The highest BCUT2D eigenvalue weighted by Crippen LogP contribution is 2.04. The Labute approximate surface area is 93.5 Å². The molecule has 0 radical (unpaired) electrons. The summed E-state index contributed by atoms with van der Waals surface area (Å²) in [6.07, 6.45) is 4.73. The van der Waals surface area contributed by atoms with Crippen molar-refractivity contribution in [1.29, 1.82) is 0 Å². The fraction of sp³-hybridized carbons (Fsp3) is 0.909. The van der Waals surface area contributed by atoms with Crippen LogP contribution in [0.3, 0.4) is 0 Å². The number of nitrogens with one attached hydrogen (secondary N) is 2. The molecule has 0 fully saturated rings. The first-order chi connectivity index (χ1) is 7.06. The molecular weight excluding hydrogens is 188 g/mol. The lowest BCUT2D eigenvalue weighted by molar-refractivity contribution is -0.459. The molecule has 4 nitrogen and oxygen atoms in total. The second-order valence-electron chi connectivity index (χ2n) is 4.33. The van der Waals surface area contributed by atoms with E-state index in [1.54, 1.807) is 0 Å². The zero-order chi connectivity index (χ0) is 11.7. The van der Waals surface area contributed by atoms with Gasteiger partial charge in [-0.2, -0.15) is 0 Å². The standard InChI is InChI=1S/C11H26N4/c1-4-6-10(15-9(2)3)7-5-8-14-11(12)13/h9-10,15H,4-8H2,1-3H3,(H4,12,13,14)/p+1/t10-/m1/s1. The van der Waals surface area contributed by atoms with Crippen molar-refractivity contribution in [3.8, 4) is 0 Å². The molecule has 0 amide bonds. The van der Waals surface area contributed by atoms with Crippen LogP contribution in [0.15, 0.2) is 0 Å². The Bertz CT molecular complexity index is 173. The highest BCUT2D eigenvalue weighted by atomic mass is 15.0. The van der Waals surface area contributed by atoms with Crippen molar-refractivity contribution in [2.75, 3.05) is 6.54 Å². The summed E-state index contributed by atoms with van der Waals surface area (Å²) in [5.74, 6) is 0.318. The van der Waals surface area contributed by atoms with E-state index in [9.17, 15) is 0 Å². The topological polar surface area (TPSA) is 78.0 Å². The Hall–Kier alpha value is -0.770. The lowest BCUT2D eigenvalue weighted by atomic mass is 10.1. The van der Waals surface area contributed by atoms with Crippen LogP contribution in [-0.4, -0.2) is 24.6 Å². The van der Waals surface area contributed by atoms with E-state index in [1.165, 1.54) is 19.3 Å². The molecule has 0 unspecified atom stereocenters. The minimum Gasteiger partial charge on any atom is -0.312 e. The first-order valence-electron chi connectivity index (χ1n) is 5.94. The van der Waals surface area contributed by atoms with Crippen molar-refractivity contribution in [1.82, 2.24) is 5.32 Å². The van der Waals surface area contributed by atoms with Crippen LogP contribution >= 0.6 is 0 Å². The maximum absolute atomic E-state index is 5.32. The summed E-state index contributed by atoms with van der Waals surface area (Å²) in [7, 11) is 0. The average molecular weight is 215 g/mol. The van der Waals surface area contributed by atoms with Gasteiger partial charge >= 0.3 is 5.96 Å². The third-order valence-electron chi connectivity index (χ3n) is 2.26. The van der Waals surface area contributed by atoms with Gasteiger partial charge in [-0.05, 0) is 19.3 Å². The molecule has 15 heavy (non-hydrogen) atoms. The van der Waals surface area contributed by atoms with Crippen molar-refractivity contribution in [2.24, 2.45) is 11.5 Å². The summed E-state index contributed by atoms with van der Waals surface area (Å²) >= 11 is 0. The van der Waals surface area contributed by atoms with Gasteiger partial charge in [-0.15, -0.1) is 0 Å². The molecule has 0 bridgehead atoms. The lowest BCUT2D eigenvalue weighted by Crippen LogP contribution is -2.78. The SMILES string of the molecule is CCC[C@H](CCC[NH+]=C(N)N)NC(C)C. The van der Waals surface area contributed by atoms with Crippen LogP contribution in [0, 0.1) is 0 Å². The van der Waals surface area contributed by atoms with Gasteiger partial charge in [0.2, 0.25) is 0 Å². The number of hydrogen-bond donors (Lipinski definition) is 4. The van der Waals surface area contributed by atoms with Gasteiger partial charge in [0.25, 0.3) is 0 Å². The molecule has 0 saturated carbocycles. The molecule has 90 valence electrons. The predicted molar refractivity (Wildman–Crippen MR) is 65.4 cm³/mol. The van der Waals surface area contributed by atoms with Crippen molar-refractivity contribution >= 4 is 5.96 Å². The fourth-order valence-corrected chi connectivity index (χ4v) is 1.71. The smallest absolute Gasteiger partial charge is 0.312 e. The lowest BCUT2D eigenvalue weighted by Gasteiger charge is -2.20. The number of rotatable bonds is 8. The number of nitrogens with two attached hydrogens (primary N) is 2. The molecule has 0 aliphatic rings. The Kier molecular flexibility index (Phi) is 8.09. The molecule has 0 aliphatic carbocycles. The van der Waals surface area contributed by atoms with Gasteiger partial charge in [0.1, 0.15) is 0 Å². The van der Waals surface area contributed by atoms with Crippen molar-refractivity contribution in [2.45, 2.75) is 58.5 Å². The largest absolute Gasteiger partial charge is 0.338 e. The van der Waals surface area contributed by atoms with E-state index in [2.05, 4.69) is 31.1 Å². The molecule has 0 aromatic rings. The van der Waals surface area contributed by atoms with Crippen LogP contribution in [0.4, 0.5) is 0 Å². The summed E-state index contributed by atoms with van der Waals surface area (Å²) in [5, 5.41) is 3.57. The van der Waals surface area contributed by atoms with E-state index >= 15 is 0 Å². The maximum atomic E-state index is 5.32. The normalized spacial score (nSPS) is 12.8. The molecule has 0 aromatic heterocycles. The second-order valence-corrected chi connectivity index (χ2v) is 4.33. The highest BCUT2D eigenvalue weighted by molar-refractivity contribution is 5.69. The zero-order valence-corrected chi connectivity index (χ0v) is 10.3. The van der Waals surface area contributed by atoms with Crippen molar-refractivity contribution < 1.29 is 4.99 Å². The van der Waals surface area contributed by atoms with Crippen LogP contribution in [-0.2, 0) is 0 Å². The second kappa shape index (κ2) is 8.53. The van der Waals surface area contributed by atoms with E-state index in [1.807, 2.05) is 0 Å². The van der Waals surface area contributed by atoms with Crippen LogP contribution in [0.2, 0.25) is 0 Å². The first kappa shape index (κ1) is 14.2. The first-order valence-corrected chi connectivity index (χ1v) is 5.94. The fourth-order valence-electron chi connectivity index (χ4n) is 1.71. The molecule has 0 spiro atoms. The van der Waals surface area contributed by atoms with Crippen LogP contribution in [0.5, 0.6) is 0 Å². The Morgan fingerprint density at radius 1 is 1.27 bits per heavy atom. The third kappa shape index (κ3) is 9.53. The molecule has 0 saturated heterocycles. The van der Waals surface area contributed by atoms with E-state index < -0.39 is 0 Å². The van der Waals surface area contributed by atoms with Crippen LogP contribution in [0.1, 0.15) is 46.5 Å². The maximum Gasteiger partial charge on any atom is 0.338 e. The quantitative estimate of drug-likeness (QED) is 0.245. The van der Waals surface area contributed by atoms with Gasteiger partial charge in [0.15, 0.2) is 0 Å². The zero-order valence-electron chi connectivity index (χ0n) is 10.3. The Morgan fingerprint density at radius 2 is 1.93 bits per heavy atom. The van der Waals surface area contributed by atoms with Gasteiger partial charge in [-0.25, -0.2) is 0 Å². The molecule has 0 heterocycles. The van der Waals surface area contributed by atoms with E-state index in [0.717, 1.165) is 13.0 Å². The molecule has 4 heteroatoms. The minimum absolute atomic E-state index is 0.318. The number of hydrogen-bond acceptors (Lipinski definition) is 1. The molecule has 6 N–H and O–H groups in total. The van der Waals surface area contributed by atoms with Gasteiger partial charge < -0.3 is 5.32 Å². The number of guanidine groups is 1. The molecular formula is C11H27N4+.